The summed E-state index contributed by atoms with van der Waals surface area (Å²) >= 11 is 0. The van der Waals surface area contributed by atoms with Gasteiger partial charge in [0.1, 0.15) is 0 Å². The highest BCUT2D eigenvalue weighted by Gasteiger charge is 2.34. The second-order valence-electron chi connectivity index (χ2n) is 4.77. The molecule has 1 aliphatic rings. The summed E-state index contributed by atoms with van der Waals surface area (Å²) in [7, 11) is 1.53. The first-order valence-electron chi connectivity index (χ1n) is 6.52. The molecule has 10 heteroatoms. The predicted molar refractivity (Wildman–Crippen MR) is 78.1 cm³/mol. The van der Waals surface area contributed by atoms with E-state index in [9.17, 15) is 18.0 Å². The molecule has 0 radical (unpaired) electrons. The first kappa shape index (κ1) is 16.6. The van der Waals surface area contributed by atoms with Crippen LogP contribution in [-0.2, 0) is 18.6 Å². The summed E-state index contributed by atoms with van der Waals surface area (Å²) in [6.07, 6.45) is 2.59. The van der Waals surface area contributed by atoms with Crippen LogP contribution in [-0.4, -0.2) is 49.2 Å². The summed E-state index contributed by atoms with van der Waals surface area (Å²) in [6.45, 7) is 2.09. The van der Waals surface area contributed by atoms with Crippen molar-refractivity contribution in [1.29, 1.82) is 0 Å². The van der Waals surface area contributed by atoms with Gasteiger partial charge in [-0.2, -0.15) is 0 Å². The molecule has 1 amide bonds. The van der Waals surface area contributed by atoms with E-state index < -0.39 is 20.9 Å². The fourth-order valence-corrected chi connectivity index (χ4v) is 3.47. The monoisotopic (exact) mass is 347 g/mol. The minimum absolute atomic E-state index is 0.0644. The van der Waals surface area contributed by atoms with Gasteiger partial charge in [-0.05, 0) is 6.92 Å². The number of nitrogens with zero attached hydrogens (tertiary/aromatic N) is 3. The lowest BCUT2D eigenvalue weighted by atomic mass is 10.1. The highest BCUT2D eigenvalue weighted by atomic mass is 35.7. The number of carbonyl (C=O) groups is 2. The van der Waals surface area contributed by atoms with E-state index in [1.807, 2.05) is 0 Å². The molecule has 1 aromatic heterocycles. The van der Waals surface area contributed by atoms with Crippen molar-refractivity contribution in [3.63, 3.8) is 0 Å². The Morgan fingerprint density at radius 2 is 2.09 bits per heavy atom. The fraction of sp³-hybridized carbons (Fsp3) is 0.500. The van der Waals surface area contributed by atoms with Crippen LogP contribution in [0.4, 0.5) is 5.95 Å². The van der Waals surface area contributed by atoms with Crippen molar-refractivity contribution < 1.29 is 22.7 Å². The Bertz CT molecular complexity index is 677. The van der Waals surface area contributed by atoms with Crippen molar-refractivity contribution in [2.45, 2.75) is 13.3 Å². The molecule has 0 saturated carbocycles. The van der Waals surface area contributed by atoms with Crippen molar-refractivity contribution in [2.24, 2.45) is 5.92 Å². The van der Waals surface area contributed by atoms with Gasteiger partial charge in [0.05, 0.1) is 17.9 Å². The molecule has 120 valence electrons. The Morgan fingerprint density at radius 1 is 1.45 bits per heavy atom. The van der Waals surface area contributed by atoms with Crippen LogP contribution in [0.1, 0.15) is 23.7 Å². The topological polar surface area (TPSA) is 107 Å². The number of aromatic nitrogens is 2. The Labute approximate surface area is 131 Å². The van der Waals surface area contributed by atoms with Crippen LogP contribution >= 0.6 is 10.7 Å². The average Bonchev–Trinajstić information content (AvgIpc) is 2.77. The van der Waals surface area contributed by atoms with E-state index in [1.165, 1.54) is 17.3 Å². The summed E-state index contributed by atoms with van der Waals surface area (Å²) in [5.74, 6) is -1.39. The van der Waals surface area contributed by atoms with Crippen LogP contribution in [0.25, 0.3) is 0 Å². The number of hydrogen-bond acceptors (Lipinski definition) is 7. The number of hydrogen-bond donors (Lipinski definition) is 0. The second kappa shape index (κ2) is 6.57. The van der Waals surface area contributed by atoms with E-state index in [0.29, 0.717) is 0 Å². The lowest BCUT2D eigenvalue weighted by Crippen LogP contribution is -2.27. The van der Waals surface area contributed by atoms with Crippen LogP contribution in [0.5, 0.6) is 0 Å². The minimum Gasteiger partial charge on any atom is -0.462 e. The Balaban J connectivity index is 2.09. The molecule has 0 spiro atoms. The summed E-state index contributed by atoms with van der Waals surface area (Å²) < 4.78 is 26.9. The third-order valence-corrected chi connectivity index (χ3v) is 4.28. The number of carbonyl (C=O) groups excluding carboxylic acids is 2. The fourth-order valence-electron chi connectivity index (χ4n) is 2.15. The smallest absolute Gasteiger partial charge is 0.341 e. The molecule has 0 aromatic carbocycles. The number of halogens is 1. The average molecular weight is 348 g/mol. The molecule has 1 fully saturated rings. The van der Waals surface area contributed by atoms with E-state index in [-0.39, 0.29) is 42.7 Å². The molecule has 2 heterocycles. The van der Waals surface area contributed by atoms with Crippen molar-refractivity contribution in [3.05, 3.63) is 18.0 Å². The first-order chi connectivity index (χ1) is 10.3. The SMILES string of the molecule is CCOC(=O)c1cnc(N2CC(CS(=O)(=O)Cl)CC2=O)nc1. The molecule has 0 N–H and O–H groups in total. The highest BCUT2D eigenvalue weighted by molar-refractivity contribution is 8.13. The summed E-state index contributed by atoms with van der Waals surface area (Å²) in [5.41, 5.74) is 0.178. The van der Waals surface area contributed by atoms with Crippen molar-refractivity contribution in [2.75, 3.05) is 23.8 Å². The van der Waals surface area contributed by atoms with Crippen LogP contribution in [0, 0.1) is 5.92 Å². The molecule has 1 aliphatic heterocycles. The number of ether oxygens (including phenoxy) is 1. The van der Waals surface area contributed by atoms with Gasteiger partial charge in [0.15, 0.2) is 0 Å². The highest BCUT2D eigenvalue weighted by Crippen LogP contribution is 2.24. The largest absolute Gasteiger partial charge is 0.462 e. The van der Waals surface area contributed by atoms with Crippen LogP contribution < -0.4 is 4.90 Å². The molecule has 1 aromatic rings. The molecule has 1 atom stereocenters. The van der Waals surface area contributed by atoms with Gasteiger partial charge in [-0.1, -0.05) is 0 Å². The zero-order chi connectivity index (χ0) is 16.3. The van der Waals surface area contributed by atoms with Crippen LogP contribution in [0.2, 0.25) is 0 Å². The first-order valence-corrected chi connectivity index (χ1v) is 9.00. The van der Waals surface area contributed by atoms with Gasteiger partial charge in [0, 0.05) is 42.0 Å². The predicted octanol–water partition coefficient (Wildman–Crippen LogP) is 0.575. The van der Waals surface area contributed by atoms with Crippen molar-refractivity contribution >= 4 is 37.6 Å². The number of rotatable bonds is 5. The standard InChI is InChI=1S/C12H14ClN3O5S/c1-2-21-11(18)9-4-14-12(15-5-9)16-6-8(3-10(16)17)7-22(13,19)20/h4-5,8H,2-3,6-7H2,1H3. The molecule has 1 unspecified atom stereocenters. The molecular formula is C12H14ClN3O5S. The summed E-state index contributed by atoms with van der Waals surface area (Å²) in [6, 6.07) is 0. The molecule has 2 rings (SSSR count). The van der Waals surface area contributed by atoms with Crippen LogP contribution in [0.3, 0.4) is 0 Å². The van der Waals surface area contributed by atoms with Crippen LogP contribution in [0.15, 0.2) is 12.4 Å². The minimum atomic E-state index is -3.67. The molecule has 0 bridgehead atoms. The summed E-state index contributed by atoms with van der Waals surface area (Å²) in [4.78, 5) is 32.6. The van der Waals surface area contributed by atoms with Gasteiger partial charge in [0.25, 0.3) is 0 Å². The lowest BCUT2D eigenvalue weighted by Gasteiger charge is -2.14. The zero-order valence-electron chi connectivity index (χ0n) is 11.7. The maximum Gasteiger partial charge on any atom is 0.341 e. The number of amides is 1. The van der Waals surface area contributed by atoms with Gasteiger partial charge < -0.3 is 4.74 Å². The van der Waals surface area contributed by atoms with Gasteiger partial charge in [-0.25, -0.2) is 23.2 Å². The van der Waals surface area contributed by atoms with E-state index in [0.717, 1.165) is 0 Å². The molecular weight excluding hydrogens is 334 g/mol. The van der Waals surface area contributed by atoms with Crippen molar-refractivity contribution in [1.82, 2.24) is 9.97 Å². The zero-order valence-corrected chi connectivity index (χ0v) is 13.3. The second-order valence-corrected chi connectivity index (χ2v) is 7.59. The number of anilines is 1. The van der Waals surface area contributed by atoms with E-state index in [2.05, 4.69) is 9.97 Å². The maximum absolute atomic E-state index is 11.9. The molecule has 0 aliphatic carbocycles. The third-order valence-electron chi connectivity index (χ3n) is 3.03. The molecule has 8 nitrogen and oxygen atoms in total. The van der Waals surface area contributed by atoms with E-state index in [1.54, 1.807) is 6.92 Å². The maximum atomic E-state index is 11.9. The van der Waals surface area contributed by atoms with Crippen molar-refractivity contribution in [3.8, 4) is 0 Å². The van der Waals surface area contributed by atoms with Gasteiger partial charge in [0.2, 0.25) is 20.9 Å². The van der Waals surface area contributed by atoms with E-state index in [4.69, 9.17) is 15.4 Å². The normalized spacial score (nSPS) is 18.5. The molecule has 1 saturated heterocycles. The molecule has 22 heavy (non-hydrogen) atoms. The Morgan fingerprint density at radius 3 is 2.64 bits per heavy atom. The Kier molecular flexibility index (Phi) is 4.97. The lowest BCUT2D eigenvalue weighted by molar-refractivity contribution is -0.117. The quantitative estimate of drug-likeness (QED) is 0.566. The third kappa shape index (κ3) is 4.14. The van der Waals surface area contributed by atoms with Gasteiger partial charge in [-0.15, -0.1) is 0 Å². The van der Waals surface area contributed by atoms with Gasteiger partial charge >= 0.3 is 5.97 Å². The van der Waals surface area contributed by atoms with Gasteiger partial charge in [-0.3, -0.25) is 9.69 Å². The number of esters is 1. The Hall–Kier alpha value is -1.74. The van der Waals surface area contributed by atoms with E-state index >= 15 is 0 Å². The summed E-state index contributed by atoms with van der Waals surface area (Å²) in [5, 5.41) is 0.